The largest absolute Gasteiger partial charge is 0.353 e. The fraction of sp³-hybridized carbons (Fsp3) is 0.462. The van der Waals surface area contributed by atoms with Gasteiger partial charge in [-0.25, -0.2) is 4.98 Å². The number of hydrogen-bond donors (Lipinski definition) is 1. The minimum absolute atomic E-state index is 0.0694. The van der Waals surface area contributed by atoms with Gasteiger partial charge < -0.3 is 10.2 Å². The summed E-state index contributed by atoms with van der Waals surface area (Å²) in [6, 6.07) is -0.358. The molecule has 0 bridgehead atoms. The van der Waals surface area contributed by atoms with Crippen LogP contribution >= 0.6 is 11.3 Å². The molecule has 2 amide bonds. The molecule has 2 heterocycles. The van der Waals surface area contributed by atoms with E-state index in [2.05, 4.69) is 10.3 Å². The summed E-state index contributed by atoms with van der Waals surface area (Å²) in [5.41, 5.74) is 0.783. The first-order valence-electron chi connectivity index (χ1n) is 6.30. The zero-order chi connectivity index (χ0) is 13.8. The van der Waals surface area contributed by atoms with Crippen LogP contribution < -0.4 is 5.32 Å². The van der Waals surface area contributed by atoms with E-state index in [-0.39, 0.29) is 17.9 Å². The number of aromatic nitrogens is 1. The Labute approximate surface area is 116 Å². The second kappa shape index (κ2) is 5.97. The van der Waals surface area contributed by atoms with Crippen LogP contribution in [0.5, 0.6) is 0 Å². The zero-order valence-corrected chi connectivity index (χ0v) is 11.9. The smallest absolute Gasteiger partial charge is 0.247 e. The number of carbonyl (C=O) groups is 2. The molecule has 5 nitrogen and oxygen atoms in total. The molecule has 1 saturated heterocycles. The minimum Gasteiger partial charge on any atom is -0.353 e. The van der Waals surface area contributed by atoms with E-state index in [1.165, 1.54) is 6.08 Å². The monoisotopic (exact) mass is 279 g/mol. The van der Waals surface area contributed by atoms with E-state index in [0.29, 0.717) is 19.5 Å². The number of hydrogen-bond acceptors (Lipinski definition) is 4. The minimum atomic E-state index is -0.358. The van der Waals surface area contributed by atoms with Gasteiger partial charge in [-0.1, -0.05) is 6.92 Å². The van der Waals surface area contributed by atoms with E-state index in [9.17, 15) is 9.59 Å². The van der Waals surface area contributed by atoms with Crippen LogP contribution in [0.25, 0.3) is 6.08 Å². The lowest BCUT2D eigenvalue weighted by Gasteiger charge is -2.33. The third kappa shape index (κ3) is 3.20. The number of carbonyl (C=O) groups excluding carboxylic acids is 2. The van der Waals surface area contributed by atoms with Crippen molar-refractivity contribution in [2.45, 2.75) is 26.3 Å². The number of nitrogens with zero attached hydrogens (tertiary/aromatic N) is 2. The molecule has 102 valence electrons. The van der Waals surface area contributed by atoms with Gasteiger partial charge in [-0.2, -0.15) is 0 Å². The second-order valence-electron chi connectivity index (χ2n) is 4.37. The van der Waals surface area contributed by atoms with E-state index in [1.807, 2.05) is 19.2 Å². The number of nitrogens with one attached hydrogen (secondary N) is 1. The average molecular weight is 279 g/mol. The summed E-state index contributed by atoms with van der Waals surface area (Å²) < 4.78 is 0. The highest BCUT2D eigenvalue weighted by Crippen LogP contribution is 2.12. The maximum atomic E-state index is 12.1. The molecule has 1 atom stereocenters. The maximum absolute atomic E-state index is 12.1. The lowest BCUT2D eigenvalue weighted by atomic mass is 10.1. The molecule has 1 unspecified atom stereocenters. The molecule has 1 N–H and O–H groups in total. The molecule has 0 spiro atoms. The van der Waals surface area contributed by atoms with E-state index < -0.39 is 0 Å². The van der Waals surface area contributed by atoms with Crippen molar-refractivity contribution in [2.75, 3.05) is 13.1 Å². The van der Waals surface area contributed by atoms with Crippen LogP contribution in [0.4, 0.5) is 0 Å². The molecule has 0 radical (unpaired) electrons. The third-order valence-electron chi connectivity index (χ3n) is 3.03. The molecule has 0 aromatic carbocycles. The number of thiazole rings is 1. The summed E-state index contributed by atoms with van der Waals surface area (Å²) in [7, 11) is 0. The highest BCUT2D eigenvalue weighted by molar-refractivity contribution is 7.09. The van der Waals surface area contributed by atoms with Crippen molar-refractivity contribution in [3.8, 4) is 0 Å². The average Bonchev–Trinajstić information content (AvgIpc) is 2.81. The summed E-state index contributed by atoms with van der Waals surface area (Å²) in [6.45, 7) is 4.91. The summed E-state index contributed by atoms with van der Waals surface area (Å²) >= 11 is 1.55. The van der Waals surface area contributed by atoms with Crippen LogP contribution in [0.15, 0.2) is 11.5 Å². The van der Waals surface area contributed by atoms with Crippen LogP contribution in [-0.4, -0.2) is 40.8 Å². The Hall–Kier alpha value is -1.69. The van der Waals surface area contributed by atoms with Crippen LogP contribution in [0.2, 0.25) is 0 Å². The van der Waals surface area contributed by atoms with Gasteiger partial charge in [-0.15, -0.1) is 11.3 Å². The SMILES string of the molecule is CCC1C(=O)NCCN1C(=O)/C=C/c1csc(C)n1. The van der Waals surface area contributed by atoms with Crippen molar-refractivity contribution < 1.29 is 9.59 Å². The van der Waals surface area contributed by atoms with Crippen molar-refractivity contribution in [1.82, 2.24) is 15.2 Å². The fourth-order valence-corrected chi connectivity index (χ4v) is 2.67. The number of amides is 2. The van der Waals surface area contributed by atoms with Crippen LogP contribution in [0.3, 0.4) is 0 Å². The molecule has 1 aromatic heterocycles. The summed E-state index contributed by atoms with van der Waals surface area (Å²) in [4.78, 5) is 29.7. The predicted molar refractivity (Wildman–Crippen MR) is 74.7 cm³/mol. The van der Waals surface area contributed by atoms with Gasteiger partial charge in [-0.05, 0) is 19.4 Å². The van der Waals surface area contributed by atoms with Gasteiger partial charge in [0.25, 0.3) is 0 Å². The predicted octanol–water partition coefficient (Wildman–Crippen LogP) is 1.20. The first-order chi connectivity index (χ1) is 9.11. The molecule has 0 aliphatic carbocycles. The standard InChI is InChI=1S/C13H17N3O2S/c1-3-11-13(18)14-6-7-16(11)12(17)5-4-10-8-19-9(2)15-10/h4-5,8,11H,3,6-7H2,1-2H3,(H,14,18)/b5-4+. The van der Waals surface area contributed by atoms with Crippen molar-refractivity contribution in [3.05, 3.63) is 22.2 Å². The van der Waals surface area contributed by atoms with Crippen molar-refractivity contribution in [2.24, 2.45) is 0 Å². The molecule has 1 aromatic rings. The molecule has 0 saturated carbocycles. The quantitative estimate of drug-likeness (QED) is 0.846. The van der Waals surface area contributed by atoms with Crippen molar-refractivity contribution >= 4 is 29.2 Å². The summed E-state index contributed by atoms with van der Waals surface area (Å²) in [5.74, 6) is -0.202. The van der Waals surface area contributed by atoms with Gasteiger partial charge >= 0.3 is 0 Å². The van der Waals surface area contributed by atoms with Gasteiger partial charge in [0.2, 0.25) is 11.8 Å². The fourth-order valence-electron chi connectivity index (χ4n) is 2.09. The highest BCUT2D eigenvalue weighted by atomic mass is 32.1. The van der Waals surface area contributed by atoms with E-state index in [0.717, 1.165) is 10.7 Å². The summed E-state index contributed by atoms with van der Waals surface area (Å²) in [6.07, 6.45) is 3.82. The van der Waals surface area contributed by atoms with Crippen LogP contribution in [-0.2, 0) is 9.59 Å². The first-order valence-corrected chi connectivity index (χ1v) is 7.18. The van der Waals surface area contributed by atoms with Crippen LogP contribution in [0.1, 0.15) is 24.0 Å². The normalized spacial score (nSPS) is 19.8. The molecular formula is C13H17N3O2S. The highest BCUT2D eigenvalue weighted by Gasteiger charge is 2.30. The van der Waals surface area contributed by atoms with Gasteiger partial charge in [0.15, 0.2) is 0 Å². The maximum Gasteiger partial charge on any atom is 0.247 e. The van der Waals surface area contributed by atoms with E-state index in [1.54, 1.807) is 22.3 Å². The molecule has 1 aliphatic heterocycles. The van der Waals surface area contributed by atoms with Crippen LogP contribution in [0, 0.1) is 6.92 Å². The van der Waals surface area contributed by atoms with Gasteiger partial charge in [0.05, 0.1) is 10.7 Å². The number of piperazine rings is 1. The Morgan fingerprint density at radius 2 is 2.47 bits per heavy atom. The Balaban J connectivity index is 2.06. The molecule has 1 aliphatic rings. The zero-order valence-electron chi connectivity index (χ0n) is 11.0. The first kappa shape index (κ1) is 13.7. The Bertz CT molecular complexity index is 510. The van der Waals surface area contributed by atoms with Gasteiger partial charge in [0.1, 0.15) is 6.04 Å². The van der Waals surface area contributed by atoms with Gasteiger partial charge in [0, 0.05) is 24.5 Å². The Morgan fingerprint density at radius 1 is 1.68 bits per heavy atom. The molecule has 6 heteroatoms. The molecule has 1 fully saturated rings. The Kier molecular flexibility index (Phi) is 4.31. The molecule has 2 rings (SSSR count). The Morgan fingerprint density at radius 3 is 3.11 bits per heavy atom. The lowest BCUT2D eigenvalue weighted by Crippen LogP contribution is -2.56. The number of aryl methyl sites for hydroxylation is 1. The second-order valence-corrected chi connectivity index (χ2v) is 5.43. The van der Waals surface area contributed by atoms with E-state index in [4.69, 9.17) is 0 Å². The topological polar surface area (TPSA) is 62.3 Å². The van der Waals surface area contributed by atoms with Crippen molar-refractivity contribution in [1.29, 1.82) is 0 Å². The van der Waals surface area contributed by atoms with E-state index >= 15 is 0 Å². The van der Waals surface area contributed by atoms with Gasteiger partial charge in [-0.3, -0.25) is 9.59 Å². The third-order valence-corrected chi connectivity index (χ3v) is 3.83. The molecular weight excluding hydrogens is 262 g/mol. The number of rotatable bonds is 3. The summed E-state index contributed by atoms with van der Waals surface area (Å²) in [5, 5.41) is 5.65. The lowest BCUT2D eigenvalue weighted by molar-refractivity contribution is -0.140. The molecule has 19 heavy (non-hydrogen) atoms. The van der Waals surface area contributed by atoms with Crippen molar-refractivity contribution in [3.63, 3.8) is 0 Å².